The Morgan fingerprint density at radius 3 is 2.81 bits per heavy atom. The maximum atomic E-state index is 13.4. The van der Waals surface area contributed by atoms with E-state index in [9.17, 15) is 4.79 Å². The molecule has 0 aliphatic heterocycles. The highest BCUT2D eigenvalue weighted by Crippen LogP contribution is 2.24. The molecule has 3 aromatic heterocycles. The summed E-state index contributed by atoms with van der Waals surface area (Å²) in [7, 11) is 0. The minimum Gasteiger partial charge on any atom is -0.324 e. The van der Waals surface area contributed by atoms with Crippen molar-refractivity contribution in [3.8, 4) is 16.9 Å². The molecule has 0 saturated heterocycles. The van der Waals surface area contributed by atoms with Crippen LogP contribution in [0.1, 0.15) is 39.5 Å². The lowest BCUT2D eigenvalue weighted by molar-refractivity contribution is 0.102. The molecule has 0 bridgehead atoms. The molecule has 8 nitrogen and oxygen atoms in total. The van der Waals surface area contributed by atoms with Crippen LogP contribution in [0, 0.1) is 20.8 Å². The fraction of sp³-hybridized carbons (Fsp3) is 0.107. The van der Waals surface area contributed by atoms with E-state index in [2.05, 4.69) is 30.6 Å². The number of hydrogen-bond acceptors (Lipinski definition) is 6. The number of hydrogen-bond donors (Lipinski definition) is 2. The Morgan fingerprint density at radius 2 is 1.97 bits per heavy atom. The maximum absolute atomic E-state index is 13.4. The number of nitrogens with zero attached hydrogens (tertiary/aromatic N) is 5. The Morgan fingerprint density at radius 1 is 1.08 bits per heavy atom. The second kappa shape index (κ2) is 9.79. The van der Waals surface area contributed by atoms with Crippen molar-refractivity contribution in [2.75, 3.05) is 10.6 Å². The average Bonchev–Trinajstić information content (AvgIpc) is 3.24. The topological polar surface area (TPSA) is 97.6 Å². The van der Waals surface area contributed by atoms with Crippen molar-refractivity contribution in [1.29, 1.82) is 0 Å². The Labute approximate surface area is 221 Å². The van der Waals surface area contributed by atoms with Crippen molar-refractivity contribution < 1.29 is 17.1 Å². The van der Waals surface area contributed by atoms with Crippen LogP contribution in [0.15, 0.2) is 85.5 Å². The number of benzene rings is 2. The first-order chi connectivity index (χ1) is 21.2. The average molecular weight is 485 g/mol. The van der Waals surface area contributed by atoms with Gasteiger partial charge in [-0.3, -0.25) is 9.78 Å². The van der Waals surface area contributed by atoms with Gasteiger partial charge >= 0.3 is 0 Å². The minimum absolute atomic E-state index is 0.0296. The molecular weight excluding hydrogens is 450 g/mol. The Kier molecular flexibility index (Phi) is 3.95. The van der Waals surface area contributed by atoms with Crippen LogP contribution in [0.3, 0.4) is 0 Å². The Hall–Kier alpha value is -4.85. The minimum atomic E-state index is -0.668. The SMILES string of the molecule is [2H]c1nc([2H])c(-c2ccnc(Nc3cc(C(=O)Nc4c([2H])c(C)c([2H])c(-n5c([2H])nc(C)c5[2H])c4[2H])ccc3C)n2)c([2H])c1[2H]. The summed E-state index contributed by atoms with van der Waals surface area (Å²) in [6, 6.07) is 4.47. The predicted octanol–water partition coefficient (Wildman–Crippen LogP) is 5.65. The van der Waals surface area contributed by atoms with Gasteiger partial charge in [0.1, 0.15) is 1.37 Å². The first-order valence-electron chi connectivity index (χ1n) is 15.3. The molecule has 178 valence electrons. The van der Waals surface area contributed by atoms with Crippen LogP contribution >= 0.6 is 0 Å². The number of pyridine rings is 1. The molecule has 36 heavy (non-hydrogen) atoms. The van der Waals surface area contributed by atoms with Gasteiger partial charge in [-0.2, -0.15) is 0 Å². The standard InChI is InChI=1S/C28H25N7O/c1-18-11-23(14-24(12-18)35-16-20(3)31-17-35)32-27(36)21-7-6-19(2)26(13-21)34-28-30-10-8-25(33-28)22-5-4-9-29-15-22/h4-17H,1-3H3,(H,32,36)(H,30,33,34)/i4D,5D,9D,11D,12D,14D,15D,16D,17D. The van der Waals surface area contributed by atoms with Gasteiger partial charge < -0.3 is 15.2 Å². The van der Waals surface area contributed by atoms with Gasteiger partial charge in [-0.1, -0.05) is 6.07 Å². The van der Waals surface area contributed by atoms with Gasteiger partial charge in [-0.25, -0.2) is 15.0 Å². The number of carbonyl (C=O) groups excluding carboxylic acids is 1. The van der Waals surface area contributed by atoms with Crippen LogP contribution in [0.5, 0.6) is 0 Å². The Bertz CT molecular complexity index is 2030. The smallest absolute Gasteiger partial charge is 0.255 e. The zero-order chi connectivity index (χ0) is 32.9. The molecule has 3 heterocycles. The summed E-state index contributed by atoms with van der Waals surface area (Å²) in [5, 5.41) is 5.60. The largest absolute Gasteiger partial charge is 0.324 e. The lowest BCUT2D eigenvalue weighted by Crippen LogP contribution is -2.13. The first-order valence-corrected chi connectivity index (χ1v) is 10.8. The highest BCUT2D eigenvalue weighted by Gasteiger charge is 2.12. The van der Waals surface area contributed by atoms with E-state index in [0.717, 1.165) is 4.57 Å². The number of aryl methyl sites for hydroxylation is 2. The molecule has 0 spiro atoms. The highest BCUT2D eigenvalue weighted by atomic mass is 16.1. The molecule has 0 radical (unpaired) electrons. The molecule has 0 fully saturated rings. The third-order valence-corrected chi connectivity index (χ3v) is 5.04. The van der Waals surface area contributed by atoms with Crippen molar-refractivity contribution in [1.82, 2.24) is 24.5 Å². The zero-order valence-electron chi connectivity index (χ0n) is 28.5. The molecule has 1 amide bonds. The number of anilines is 3. The van der Waals surface area contributed by atoms with E-state index in [4.69, 9.17) is 12.3 Å². The lowest BCUT2D eigenvalue weighted by atomic mass is 10.1. The fourth-order valence-corrected chi connectivity index (χ4v) is 3.31. The van der Waals surface area contributed by atoms with Gasteiger partial charge in [0.15, 0.2) is 0 Å². The van der Waals surface area contributed by atoms with E-state index in [1.165, 1.54) is 32.2 Å². The van der Waals surface area contributed by atoms with Crippen LogP contribution in [0.25, 0.3) is 16.9 Å². The molecule has 0 unspecified atom stereocenters. The number of aromatic nitrogens is 5. The number of nitrogens with one attached hydrogen (secondary N) is 2. The third-order valence-electron chi connectivity index (χ3n) is 5.04. The van der Waals surface area contributed by atoms with E-state index in [0.29, 0.717) is 11.3 Å². The lowest BCUT2D eigenvalue weighted by Gasteiger charge is -2.13. The van der Waals surface area contributed by atoms with E-state index in [1.807, 2.05) is 0 Å². The molecular formula is C28H25N7O. The summed E-state index contributed by atoms with van der Waals surface area (Å²) in [5.41, 5.74) is 1.42. The van der Waals surface area contributed by atoms with Crippen LogP contribution in [-0.4, -0.2) is 30.4 Å². The van der Waals surface area contributed by atoms with Crippen molar-refractivity contribution in [2.45, 2.75) is 20.8 Å². The molecule has 0 aliphatic rings. The van der Waals surface area contributed by atoms with E-state index in [1.54, 1.807) is 19.1 Å². The van der Waals surface area contributed by atoms with Crippen LogP contribution < -0.4 is 10.6 Å². The molecule has 5 rings (SSSR count). The molecule has 0 aliphatic carbocycles. The van der Waals surface area contributed by atoms with Crippen molar-refractivity contribution in [3.05, 3.63) is 108 Å². The summed E-state index contributed by atoms with van der Waals surface area (Å²) >= 11 is 0. The van der Waals surface area contributed by atoms with E-state index >= 15 is 0 Å². The third kappa shape index (κ3) is 5.12. The summed E-state index contributed by atoms with van der Waals surface area (Å²) in [4.78, 5) is 29.6. The zero-order valence-corrected chi connectivity index (χ0v) is 19.5. The van der Waals surface area contributed by atoms with Gasteiger partial charge in [-0.15, -0.1) is 0 Å². The number of rotatable bonds is 6. The summed E-state index contributed by atoms with van der Waals surface area (Å²) < 4.78 is 75.0. The molecule has 5 aromatic rings. The second-order valence-electron chi connectivity index (χ2n) is 7.80. The van der Waals surface area contributed by atoms with Crippen LogP contribution in [-0.2, 0) is 0 Å². The monoisotopic (exact) mass is 484 g/mol. The van der Waals surface area contributed by atoms with Crippen molar-refractivity contribution in [2.24, 2.45) is 0 Å². The first kappa shape index (κ1) is 14.5. The fourth-order valence-electron chi connectivity index (χ4n) is 3.31. The molecule has 2 N–H and O–H groups in total. The highest BCUT2D eigenvalue weighted by molar-refractivity contribution is 6.05. The van der Waals surface area contributed by atoms with Gasteiger partial charge in [0.2, 0.25) is 5.95 Å². The maximum Gasteiger partial charge on any atom is 0.255 e. The molecule has 0 saturated carbocycles. The van der Waals surface area contributed by atoms with Gasteiger partial charge in [0.05, 0.1) is 28.7 Å². The van der Waals surface area contributed by atoms with Crippen molar-refractivity contribution in [3.63, 3.8) is 0 Å². The van der Waals surface area contributed by atoms with E-state index < -0.39 is 24.2 Å². The van der Waals surface area contributed by atoms with Crippen LogP contribution in [0.2, 0.25) is 0 Å². The van der Waals surface area contributed by atoms with Crippen molar-refractivity contribution >= 4 is 23.2 Å². The van der Waals surface area contributed by atoms with Gasteiger partial charge in [0, 0.05) is 52.9 Å². The molecule has 2 aromatic carbocycles. The van der Waals surface area contributed by atoms with Crippen LogP contribution in [0.4, 0.5) is 17.3 Å². The number of carbonyl (C=O) groups is 1. The summed E-state index contributed by atoms with van der Waals surface area (Å²) in [5.74, 6) is -0.603. The van der Waals surface area contributed by atoms with E-state index in [-0.39, 0.29) is 82.2 Å². The van der Waals surface area contributed by atoms with Gasteiger partial charge in [-0.05, 0) is 80.3 Å². The second-order valence-corrected chi connectivity index (χ2v) is 7.80. The molecule has 0 atom stereocenters. The summed E-state index contributed by atoms with van der Waals surface area (Å²) in [6.07, 6.45) is 0.00214. The predicted molar refractivity (Wildman–Crippen MR) is 141 cm³/mol. The number of amides is 1. The molecule has 8 heteroatoms. The normalized spacial score (nSPS) is 14.2. The van der Waals surface area contributed by atoms with Gasteiger partial charge in [0.25, 0.3) is 5.91 Å². The Balaban J connectivity index is 1.48. The number of imidazole rings is 1. The summed E-state index contributed by atoms with van der Waals surface area (Å²) in [6.45, 7) is 4.79. The quantitative estimate of drug-likeness (QED) is 0.323.